The first-order valence-corrected chi connectivity index (χ1v) is 18.8. The third-order valence-corrected chi connectivity index (χ3v) is 27.5. The highest BCUT2D eigenvalue weighted by atomic mass is 35.5. The average molecular weight is 926 g/mol. The molecule has 1 heterocycles. The van der Waals surface area contributed by atoms with E-state index in [9.17, 15) is 0 Å². The highest BCUT2D eigenvalue weighted by molar-refractivity contribution is 6.82. The molecule has 0 N–H and O–H groups in total. The van der Waals surface area contributed by atoms with Crippen molar-refractivity contribution in [3.63, 3.8) is 0 Å². The van der Waals surface area contributed by atoms with Gasteiger partial charge in [0.1, 0.15) is 48.7 Å². The third-order valence-electron chi connectivity index (χ3n) is 12.4. The van der Waals surface area contributed by atoms with Crippen molar-refractivity contribution in [1.29, 1.82) is 0 Å². The van der Waals surface area contributed by atoms with Crippen LogP contribution >= 0.6 is 209 Å². The summed E-state index contributed by atoms with van der Waals surface area (Å²) < 4.78 is 0.508. The Kier molecular flexibility index (Phi) is 5.68. The summed E-state index contributed by atoms with van der Waals surface area (Å²) in [6.07, 6.45) is 1.63. The van der Waals surface area contributed by atoms with Crippen LogP contribution in [0.1, 0.15) is 6.42 Å². The van der Waals surface area contributed by atoms with Gasteiger partial charge in [-0.05, 0) is 30.1 Å². The van der Waals surface area contributed by atoms with Crippen molar-refractivity contribution in [2.75, 3.05) is 0 Å². The van der Waals surface area contributed by atoms with Crippen LogP contribution in [-0.2, 0) is 4.74 Å². The van der Waals surface area contributed by atoms with Crippen LogP contribution in [0.2, 0.25) is 0 Å². The van der Waals surface area contributed by atoms with Crippen molar-refractivity contribution in [1.82, 2.24) is 0 Å². The minimum atomic E-state index is -1.92. The molecule has 9 saturated carbocycles. The number of allylic oxidation sites excluding steroid dienone is 2. The Morgan fingerprint density at radius 2 is 0.683 bits per heavy atom. The van der Waals surface area contributed by atoms with E-state index < -0.39 is 61.7 Å². The number of rotatable bonds is 0. The van der Waals surface area contributed by atoms with E-state index in [2.05, 4.69) is 0 Å². The maximum atomic E-state index is 6.82. The molecule has 228 valence electrons. The summed E-state index contributed by atoms with van der Waals surface area (Å²) in [6.45, 7) is 0. The van der Waals surface area contributed by atoms with E-state index in [4.69, 9.17) is 214 Å². The van der Waals surface area contributed by atoms with Gasteiger partial charge in [-0.1, -0.05) is 92.8 Å². The summed E-state index contributed by atoms with van der Waals surface area (Å²) >= 11 is 120. The number of epoxide rings is 1. The highest BCUT2D eigenvalue weighted by Gasteiger charge is 3.32. The number of hydrogen-bond donors (Lipinski definition) is 0. The predicted octanol–water partition coefficient (Wildman–Crippen LogP) is 10.7. The maximum Gasteiger partial charge on any atom is 0.166 e. The molecule has 0 aromatic rings. The molecule has 8 unspecified atom stereocenters. The van der Waals surface area contributed by atoms with Crippen LogP contribution < -0.4 is 0 Å². The lowest BCUT2D eigenvalue weighted by Crippen LogP contribution is -3.03. The van der Waals surface area contributed by atoms with Crippen molar-refractivity contribution >= 4 is 209 Å². The molecule has 0 aromatic heterocycles. The molecule has 10 fully saturated rings. The topological polar surface area (TPSA) is 12.5 Å². The molecular formula is C22H8Cl18O. The second-order valence-electron chi connectivity index (χ2n) is 12.7. The van der Waals surface area contributed by atoms with E-state index in [1.165, 1.54) is 0 Å². The largest absolute Gasteiger partial charge is 0.369 e. The summed E-state index contributed by atoms with van der Waals surface area (Å²) in [6, 6.07) is 0. The van der Waals surface area contributed by atoms with Gasteiger partial charge < -0.3 is 4.74 Å². The monoisotopic (exact) mass is 917 g/mol. The second-order valence-corrected chi connectivity index (χ2v) is 23.2. The first kappa shape index (κ1) is 31.9. The quantitative estimate of drug-likeness (QED) is 0.134. The fraction of sp³-hybridized carbons (Fsp3) is 0.909. The first-order chi connectivity index (χ1) is 18.3. The molecule has 0 radical (unpaired) electrons. The summed E-state index contributed by atoms with van der Waals surface area (Å²) in [4.78, 5) is -16.5. The van der Waals surface area contributed by atoms with E-state index in [0.29, 0.717) is 21.9 Å². The first-order valence-electron chi connectivity index (χ1n) is 12.0. The number of ether oxygens (including phenoxy) is 1. The van der Waals surface area contributed by atoms with Crippen molar-refractivity contribution in [2.24, 2.45) is 23.7 Å². The third kappa shape index (κ3) is 1.93. The molecule has 1 aliphatic heterocycles. The zero-order chi connectivity index (χ0) is 30.5. The second kappa shape index (κ2) is 7.30. The Morgan fingerprint density at radius 1 is 0.415 bits per heavy atom. The van der Waals surface area contributed by atoms with Crippen molar-refractivity contribution in [2.45, 2.75) is 80.4 Å². The smallest absolute Gasteiger partial charge is 0.166 e. The standard InChI is InChI=1S/C12H8Cl6O.C10Cl12/c13-8-9(14)11(16)5-3-1-2(6-7(3)19-6)4(5)10(8,15)12(11,17)18;11-1-2(12)7(17)4(14)3(13,5(1,15)9(7,19)20)6(1,16)10(21,22)8(2,4)18/h2-7H,1H2;. The maximum absolute atomic E-state index is 6.82. The van der Waals surface area contributed by atoms with Gasteiger partial charge in [0.25, 0.3) is 0 Å². The molecule has 8 atom stereocenters. The van der Waals surface area contributed by atoms with Crippen LogP contribution in [0.15, 0.2) is 10.1 Å². The molecule has 10 aliphatic carbocycles. The fourth-order valence-electron chi connectivity index (χ4n) is 11.2. The predicted molar refractivity (Wildman–Crippen MR) is 175 cm³/mol. The minimum Gasteiger partial charge on any atom is -0.369 e. The van der Waals surface area contributed by atoms with E-state index in [0.717, 1.165) is 6.42 Å². The molecule has 8 bridgehead atoms. The Labute approximate surface area is 323 Å². The number of hydrogen-bond acceptors (Lipinski definition) is 1. The summed E-state index contributed by atoms with van der Waals surface area (Å²) in [5.41, 5.74) is 0. The average Bonchev–Trinajstić information content (AvgIpc) is 3.36. The molecule has 1 saturated heterocycles. The van der Waals surface area contributed by atoms with E-state index in [-0.39, 0.29) is 24.0 Å². The molecule has 11 aliphatic rings. The van der Waals surface area contributed by atoms with Gasteiger partial charge in [0.15, 0.2) is 13.0 Å². The molecule has 11 rings (SSSR count). The molecule has 0 spiro atoms. The zero-order valence-corrected chi connectivity index (χ0v) is 32.5. The van der Waals surface area contributed by atoms with Crippen molar-refractivity contribution < 1.29 is 4.74 Å². The van der Waals surface area contributed by atoms with Gasteiger partial charge in [-0.3, -0.25) is 0 Å². The van der Waals surface area contributed by atoms with E-state index in [1.54, 1.807) is 0 Å². The van der Waals surface area contributed by atoms with Gasteiger partial charge in [0.2, 0.25) is 0 Å². The van der Waals surface area contributed by atoms with Gasteiger partial charge in [-0.15, -0.1) is 116 Å². The van der Waals surface area contributed by atoms with Crippen molar-refractivity contribution in [3.05, 3.63) is 10.1 Å². The number of alkyl halides is 16. The van der Waals surface area contributed by atoms with Crippen LogP contribution in [0.4, 0.5) is 0 Å². The van der Waals surface area contributed by atoms with E-state index >= 15 is 0 Å². The van der Waals surface area contributed by atoms with Gasteiger partial charge in [0, 0.05) is 0 Å². The van der Waals surface area contributed by atoms with Crippen molar-refractivity contribution in [3.8, 4) is 0 Å². The molecule has 0 aromatic carbocycles. The molecule has 1 nitrogen and oxygen atoms in total. The van der Waals surface area contributed by atoms with Crippen LogP contribution in [0, 0.1) is 23.7 Å². The summed E-state index contributed by atoms with van der Waals surface area (Å²) in [5, 5.41) is 0.642. The fourth-order valence-corrected chi connectivity index (χ4v) is 24.5. The molecule has 0 amide bonds. The lowest BCUT2D eigenvalue weighted by atomic mass is 9.41. The molecule has 41 heavy (non-hydrogen) atoms. The zero-order valence-electron chi connectivity index (χ0n) is 18.9. The van der Waals surface area contributed by atoms with Crippen LogP contribution in [-0.4, -0.2) is 73.9 Å². The van der Waals surface area contributed by atoms with E-state index in [1.807, 2.05) is 0 Å². The lowest BCUT2D eigenvalue weighted by Gasteiger charge is -2.81. The Morgan fingerprint density at radius 3 is 0.951 bits per heavy atom. The Hall–Kier alpha value is 4.92. The lowest BCUT2D eigenvalue weighted by molar-refractivity contribution is 0.000455. The van der Waals surface area contributed by atoms with Gasteiger partial charge >= 0.3 is 0 Å². The van der Waals surface area contributed by atoms with Crippen LogP contribution in [0.25, 0.3) is 0 Å². The normalized spacial score (nSPS) is 73.9. The number of fused-ring (bicyclic) bond motifs is 12. The minimum absolute atomic E-state index is 0.0467. The Bertz CT molecular complexity index is 1310. The highest BCUT2D eigenvalue weighted by Crippen LogP contribution is 3.13. The van der Waals surface area contributed by atoms with Gasteiger partial charge in [-0.2, -0.15) is 0 Å². The van der Waals surface area contributed by atoms with Gasteiger partial charge in [-0.25, -0.2) is 0 Å². The van der Waals surface area contributed by atoms with Crippen LogP contribution in [0.3, 0.4) is 0 Å². The van der Waals surface area contributed by atoms with Crippen LogP contribution in [0.5, 0.6) is 0 Å². The number of halogens is 18. The molecular weight excluding hydrogens is 918 g/mol. The molecule has 19 heteroatoms. The van der Waals surface area contributed by atoms with Gasteiger partial charge in [0.05, 0.1) is 22.3 Å². The summed E-state index contributed by atoms with van der Waals surface area (Å²) in [7, 11) is 0. The Balaban J connectivity index is 0.000000118. The summed E-state index contributed by atoms with van der Waals surface area (Å²) in [5.74, 6) is 0.776. The SMILES string of the molecule is ClC1(Cl)C2(Cl)C3(Cl)C4(Cl)C(Cl)(Cl)C5(Cl)C3(Cl)C1(Cl)C5(Cl)C24Cl.ClC1=C(Cl)C2(Cl)C3C4CC(C5OC45)C3C1(Cl)C2(Cl)Cl.